The highest BCUT2D eigenvalue weighted by atomic mass is 19.3. The average molecular weight is 298 g/mol. The van der Waals surface area contributed by atoms with E-state index in [-0.39, 0.29) is 11.8 Å². The van der Waals surface area contributed by atoms with Gasteiger partial charge in [-0.3, -0.25) is 11.3 Å². The fraction of sp³-hybridized carbons (Fsp3) is 0.625. The molecule has 1 aromatic carbocycles. The zero-order chi connectivity index (χ0) is 15.2. The highest BCUT2D eigenvalue weighted by Gasteiger charge is 2.28. The highest BCUT2D eigenvalue weighted by Crippen LogP contribution is 2.38. The summed E-state index contributed by atoms with van der Waals surface area (Å²) in [6.45, 7) is -0.585. The third-order valence-electron chi connectivity index (χ3n) is 4.49. The van der Waals surface area contributed by atoms with E-state index >= 15 is 0 Å². The Kier molecular flexibility index (Phi) is 5.94. The van der Waals surface area contributed by atoms with Crippen molar-refractivity contribution in [3.8, 4) is 5.75 Å². The van der Waals surface area contributed by atoms with E-state index < -0.39 is 6.61 Å². The lowest BCUT2D eigenvalue weighted by Crippen LogP contribution is -2.35. The minimum atomic E-state index is -2.80. The molecule has 0 spiro atoms. The molecule has 1 aromatic rings. The molecule has 0 aromatic heterocycles. The number of nitrogens with one attached hydrogen (secondary N) is 1. The summed E-state index contributed by atoms with van der Waals surface area (Å²) in [7, 11) is 0. The second-order valence-corrected chi connectivity index (χ2v) is 5.80. The third kappa shape index (κ3) is 4.38. The van der Waals surface area contributed by atoms with Gasteiger partial charge in [0.15, 0.2) is 0 Å². The minimum Gasteiger partial charge on any atom is -0.435 e. The van der Waals surface area contributed by atoms with Crippen molar-refractivity contribution in [3.05, 3.63) is 29.8 Å². The first kappa shape index (κ1) is 16.2. The lowest BCUT2D eigenvalue weighted by molar-refractivity contribution is -0.0499. The van der Waals surface area contributed by atoms with Crippen LogP contribution in [0.15, 0.2) is 24.3 Å². The van der Waals surface area contributed by atoms with Gasteiger partial charge in [-0.2, -0.15) is 8.78 Å². The normalized spacial score (nSPS) is 24.0. The van der Waals surface area contributed by atoms with E-state index in [2.05, 4.69) is 17.1 Å². The standard InChI is InChI=1S/C16H24F2N2O/c1-2-11-5-3-6-12(9-11)15(20-19)13-7-4-8-14(10-13)21-16(17)18/h4,7-8,10-12,15-16,20H,2-3,5-6,9,19H2,1H3. The molecular weight excluding hydrogens is 274 g/mol. The van der Waals surface area contributed by atoms with Crippen LogP contribution in [-0.4, -0.2) is 6.61 Å². The van der Waals surface area contributed by atoms with E-state index in [1.165, 1.54) is 19.3 Å². The number of nitrogens with two attached hydrogens (primary N) is 1. The van der Waals surface area contributed by atoms with Crippen molar-refractivity contribution in [2.24, 2.45) is 17.7 Å². The SMILES string of the molecule is CCC1CCCC(C(NN)c2cccc(OC(F)F)c2)C1. The molecule has 0 heterocycles. The number of ether oxygens (including phenoxy) is 1. The molecule has 0 bridgehead atoms. The molecule has 3 nitrogen and oxygen atoms in total. The Hall–Kier alpha value is -1.20. The lowest BCUT2D eigenvalue weighted by Gasteiger charge is -2.34. The molecule has 2 rings (SSSR count). The number of rotatable bonds is 6. The van der Waals surface area contributed by atoms with Crippen LogP contribution in [0.2, 0.25) is 0 Å². The van der Waals surface area contributed by atoms with Gasteiger partial charge < -0.3 is 4.74 Å². The quantitative estimate of drug-likeness (QED) is 0.616. The van der Waals surface area contributed by atoms with Gasteiger partial charge in [-0.15, -0.1) is 0 Å². The number of hydrogen-bond acceptors (Lipinski definition) is 3. The van der Waals surface area contributed by atoms with Gasteiger partial charge in [-0.1, -0.05) is 38.3 Å². The summed E-state index contributed by atoms with van der Waals surface area (Å²) >= 11 is 0. The van der Waals surface area contributed by atoms with Gasteiger partial charge in [0.1, 0.15) is 5.75 Å². The summed E-state index contributed by atoms with van der Waals surface area (Å²) < 4.78 is 29.1. The molecule has 1 aliphatic carbocycles. The molecular formula is C16H24F2N2O. The molecule has 3 unspecified atom stereocenters. The highest BCUT2D eigenvalue weighted by molar-refractivity contribution is 5.31. The maximum atomic E-state index is 12.3. The minimum absolute atomic E-state index is 0.0134. The Morgan fingerprint density at radius 2 is 2.19 bits per heavy atom. The Bertz CT molecular complexity index is 442. The van der Waals surface area contributed by atoms with Crippen LogP contribution in [-0.2, 0) is 0 Å². The molecule has 1 fully saturated rings. The molecule has 5 heteroatoms. The van der Waals surface area contributed by atoms with Crippen molar-refractivity contribution in [1.82, 2.24) is 5.43 Å². The van der Waals surface area contributed by atoms with Gasteiger partial charge in [-0.05, 0) is 42.4 Å². The van der Waals surface area contributed by atoms with Crippen LogP contribution in [0, 0.1) is 11.8 Å². The van der Waals surface area contributed by atoms with E-state index in [1.807, 2.05) is 6.07 Å². The van der Waals surface area contributed by atoms with Crippen LogP contribution in [0.25, 0.3) is 0 Å². The summed E-state index contributed by atoms with van der Waals surface area (Å²) in [6.07, 6.45) is 5.91. The smallest absolute Gasteiger partial charge is 0.387 e. The Morgan fingerprint density at radius 3 is 2.86 bits per heavy atom. The topological polar surface area (TPSA) is 47.3 Å². The van der Waals surface area contributed by atoms with E-state index in [0.29, 0.717) is 5.92 Å². The molecule has 3 atom stereocenters. The predicted octanol–water partition coefficient (Wildman–Crippen LogP) is 4.01. The van der Waals surface area contributed by atoms with E-state index in [4.69, 9.17) is 5.84 Å². The maximum absolute atomic E-state index is 12.3. The predicted molar refractivity (Wildman–Crippen MR) is 78.9 cm³/mol. The second kappa shape index (κ2) is 7.71. The van der Waals surface area contributed by atoms with Crippen molar-refractivity contribution >= 4 is 0 Å². The average Bonchev–Trinajstić information content (AvgIpc) is 2.48. The fourth-order valence-electron chi connectivity index (χ4n) is 3.39. The first-order valence-corrected chi connectivity index (χ1v) is 7.65. The number of benzene rings is 1. The van der Waals surface area contributed by atoms with Gasteiger partial charge in [0.25, 0.3) is 0 Å². The number of halogens is 2. The Balaban J connectivity index is 2.12. The van der Waals surface area contributed by atoms with Gasteiger partial charge >= 0.3 is 6.61 Å². The van der Waals surface area contributed by atoms with E-state index in [9.17, 15) is 8.78 Å². The van der Waals surface area contributed by atoms with Crippen LogP contribution in [0.5, 0.6) is 5.75 Å². The summed E-state index contributed by atoms with van der Waals surface area (Å²) in [6, 6.07) is 6.83. The number of hydrazine groups is 1. The van der Waals surface area contributed by atoms with Crippen molar-refractivity contribution in [3.63, 3.8) is 0 Å². The van der Waals surface area contributed by atoms with Crippen LogP contribution in [0.1, 0.15) is 50.6 Å². The number of hydrogen-bond donors (Lipinski definition) is 2. The monoisotopic (exact) mass is 298 g/mol. The van der Waals surface area contributed by atoms with Crippen molar-refractivity contribution < 1.29 is 13.5 Å². The maximum Gasteiger partial charge on any atom is 0.387 e. The van der Waals surface area contributed by atoms with Crippen molar-refractivity contribution in [2.75, 3.05) is 0 Å². The Morgan fingerprint density at radius 1 is 1.38 bits per heavy atom. The van der Waals surface area contributed by atoms with Gasteiger partial charge in [0.2, 0.25) is 0 Å². The molecule has 3 N–H and O–H groups in total. The van der Waals surface area contributed by atoms with Crippen LogP contribution in [0.4, 0.5) is 8.78 Å². The Labute approximate surface area is 124 Å². The van der Waals surface area contributed by atoms with Crippen molar-refractivity contribution in [2.45, 2.75) is 51.7 Å². The fourth-order valence-corrected chi connectivity index (χ4v) is 3.39. The summed E-state index contributed by atoms with van der Waals surface area (Å²) in [5.74, 6) is 7.10. The van der Waals surface area contributed by atoms with Gasteiger partial charge in [-0.25, -0.2) is 0 Å². The van der Waals surface area contributed by atoms with E-state index in [1.54, 1.807) is 18.2 Å². The largest absolute Gasteiger partial charge is 0.435 e. The van der Waals surface area contributed by atoms with Crippen molar-refractivity contribution in [1.29, 1.82) is 0 Å². The molecule has 1 aliphatic rings. The summed E-state index contributed by atoms with van der Waals surface area (Å²) in [5.41, 5.74) is 3.78. The first-order chi connectivity index (χ1) is 10.1. The van der Waals surface area contributed by atoms with Gasteiger partial charge in [0, 0.05) is 6.04 Å². The molecule has 0 aliphatic heterocycles. The third-order valence-corrected chi connectivity index (χ3v) is 4.49. The van der Waals surface area contributed by atoms with Crippen LogP contribution >= 0.6 is 0 Å². The summed E-state index contributed by atoms with van der Waals surface area (Å²) in [5, 5.41) is 0. The number of alkyl halides is 2. The van der Waals surface area contributed by atoms with E-state index in [0.717, 1.165) is 24.3 Å². The zero-order valence-corrected chi connectivity index (χ0v) is 12.4. The van der Waals surface area contributed by atoms with Gasteiger partial charge in [0.05, 0.1) is 0 Å². The molecule has 1 saturated carbocycles. The van der Waals surface area contributed by atoms with Crippen LogP contribution in [0.3, 0.4) is 0 Å². The first-order valence-electron chi connectivity index (χ1n) is 7.65. The van der Waals surface area contributed by atoms with Crippen LogP contribution < -0.4 is 16.0 Å². The molecule has 21 heavy (non-hydrogen) atoms. The molecule has 118 valence electrons. The summed E-state index contributed by atoms with van der Waals surface area (Å²) in [4.78, 5) is 0. The second-order valence-electron chi connectivity index (χ2n) is 5.80. The molecule has 0 amide bonds. The lowest BCUT2D eigenvalue weighted by atomic mass is 9.75. The molecule has 0 saturated heterocycles. The zero-order valence-electron chi connectivity index (χ0n) is 12.4. The molecule has 0 radical (unpaired) electrons.